The fourth-order valence-corrected chi connectivity index (χ4v) is 2.34. The minimum Gasteiger partial charge on any atom is -0.496 e. The normalized spacial score (nSPS) is 12.3. The number of rotatable bonds is 5. The van der Waals surface area contributed by atoms with E-state index >= 15 is 0 Å². The van der Waals surface area contributed by atoms with E-state index in [0.717, 1.165) is 3.57 Å². The van der Waals surface area contributed by atoms with Crippen LogP contribution in [0.3, 0.4) is 0 Å². The van der Waals surface area contributed by atoms with Gasteiger partial charge >= 0.3 is 5.97 Å². The van der Waals surface area contributed by atoms with Gasteiger partial charge in [0.25, 0.3) is 0 Å². The van der Waals surface area contributed by atoms with Gasteiger partial charge in [0.05, 0.1) is 13.0 Å². The smallest absolute Gasteiger partial charge is 0.372 e. The number of hydrogen-bond donors (Lipinski definition) is 1. The van der Waals surface area contributed by atoms with Gasteiger partial charge in [-0.25, -0.2) is 4.79 Å². The van der Waals surface area contributed by atoms with E-state index in [0.29, 0.717) is 11.3 Å². The number of Topliss-reactive ketones (excluding diaryl/α,β-unsaturated/α-hetero) is 1. The number of hydrogen-bond acceptors (Lipinski definition) is 3. The molecule has 0 spiro atoms. The molecule has 0 fully saturated rings. The van der Waals surface area contributed by atoms with Crippen LogP contribution in [0, 0.1) is 9.49 Å². The first-order valence-electron chi connectivity index (χ1n) is 5.49. The molecule has 98 valence electrons. The van der Waals surface area contributed by atoms with E-state index in [2.05, 4.69) is 22.6 Å². The largest absolute Gasteiger partial charge is 0.496 e. The molecule has 0 aromatic heterocycles. The zero-order chi connectivity index (χ0) is 13.9. The number of ether oxygens (including phenoxy) is 1. The van der Waals surface area contributed by atoms with Crippen molar-refractivity contribution >= 4 is 34.3 Å². The predicted octanol–water partition coefficient (Wildman–Crippen LogP) is 2.69. The second-order valence-corrected chi connectivity index (χ2v) is 5.52. The van der Waals surface area contributed by atoms with Crippen LogP contribution < -0.4 is 4.74 Å². The van der Waals surface area contributed by atoms with E-state index in [-0.39, 0.29) is 5.92 Å². The Hall–Kier alpha value is -1.11. The third kappa shape index (κ3) is 3.22. The van der Waals surface area contributed by atoms with Crippen LogP contribution in [-0.4, -0.2) is 24.0 Å². The number of methoxy groups -OCH3 is 1. The highest BCUT2D eigenvalue weighted by Gasteiger charge is 2.31. The lowest BCUT2D eigenvalue weighted by molar-refractivity contribution is -0.150. The van der Waals surface area contributed by atoms with Crippen LogP contribution >= 0.6 is 22.6 Å². The molecule has 0 aliphatic heterocycles. The van der Waals surface area contributed by atoms with Crippen molar-refractivity contribution in [3.63, 3.8) is 0 Å². The van der Waals surface area contributed by atoms with E-state index in [1.54, 1.807) is 12.1 Å². The molecule has 18 heavy (non-hydrogen) atoms. The molecule has 1 aromatic carbocycles. The molecule has 5 heteroatoms. The second-order valence-electron chi connectivity index (χ2n) is 4.28. The van der Waals surface area contributed by atoms with Crippen LogP contribution in [-0.2, 0) is 9.59 Å². The average molecular weight is 362 g/mol. The predicted molar refractivity (Wildman–Crippen MR) is 75.9 cm³/mol. The third-order valence-corrected chi connectivity index (χ3v) is 3.36. The Morgan fingerprint density at radius 3 is 2.39 bits per heavy atom. The lowest BCUT2D eigenvalue weighted by atomic mass is 9.84. The Morgan fingerprint density at radius 1 is 1.33 bits per heavy atom. The lowest BCUT2D eigenvalue weighted by Gasteiger charge is -2.20. The zero-order valence-electron chi connectivity index (χ0n) is 10.4. The maximum Gasteiger partial charge on any atom is 0.372 e. The molecule has 0 heterocycles. The molecule has 0 aliphatic carbocycles. The van der Waals surface area contributed by atoms with Crippen molar-refractivity contribution in [2.24, 2.45) is 5.92 Å². The van der Waals surface area contributed by atoms with Crippen molar-refractivity contribution in [1.82, 2.24) is 0 Å². The van der Waals surface area contributed by atoms with E-state index in [1.807, 2.05) is 19.9 Å². The van der Waals surface area contributed by atoms with Crippen LogP contribution in [0.5, 0.6) is 5.75 Å². The Bertz CT molecular complexity index is 468. The number of halogens is 1. The molecule has 1 N–H and O–H groups in total. The van der Waals surface area contributed by atoms with Gasteiger partial charge in [-0.3, -0.25) is 4.79 Å². The van der Waals surface area contributed by atoms with Gasteiger partial charge in [0.2, 0.25) is 5.78 Å². The van der Waals surface area contributed by atoms with Gasteiger partial charge in [0, 0.05) is 9.13 Å². The number of ketones is 1. The number of carboxylic acid groups (broad SMARTS) is 1. The quantitative estimate of drug-likeness (QED) is 0.646. The number of carboxylic acids is 1. The number of aliphatic carboxylic acids is 1. The van der Waals surface area contributed by atoms with Crippen LogP contribution in [0.1, 0.15) is 25.3 Å². The van der Waals surface area contributed by atoms with Crippen molar-refractivity contribution in [3.8, 4) is 5.75 Å². The summed E-state index contributed by atoms with van der Waals surface area (Å²) in [5, 5.41) is 8.89. The van der Waals surface area contributed by atoms with Gasteiger partial charge in [-0.2, -0.15) is 0 Å². The Kier molecular flexibility index (Phi) is 5.13. The molecular formula is C13H15IO4. The van der Waals surface area contributed by atoms with Crippen LogP contribution in [0.2, 0.25) is 0 Å². The Morgan fingerprint density at radius 2 is 1.94 bits per heavy atom. The topological polar surface area (TPSA) is 63.6 Å². The molecule has 0 radical (unpaired) electrons. The second kappa shape index (κ2) is 6.17. The number of carbonyl (C=O) groups excluding carboxylic acids is 1. The maximum atomic E-state index is 11.8. The Balaban J connectivity index is 3.30. The van der Waals surface area contributed by atoms with Crippen molar-refractivity contribution in [1.29, 1.82) is 0 Å². The third-order valence-electron chi connectivity index (χ3n) is 2.69. The van der Waals surface area contributed by atoms with E-state index in [4.69, 9.17) is 9.84 Å². The van der Waals surface area contributed by atoms with Crippen molar-refractivity contribution in [2.75, 3.05) is 7.11 Å². The summed E-state index contributed by atoms with van der Waals surface area (Å²) in [6.45, 7) is 3.64. The standard InChI is InChI=1S/C13H15IO4/c1-7(2)11(12(15)13(16)17)9-5-4-8(14)6-10(9)18-3/h4-7,11H,1-3H3,(H,16,17). The van der Waals surface area contributed by atoms with Gasteiger partial charge in [-0.15, -0.1) is 0 Å². The van der Waals surface area contributed by atoms with Gasteiger partial charge in [-0.1, -0.05) is 19.9 Å². The lowest BCUT2D eigenvalue weighted by Crippen LogP contribution is -2.26. The van der Waals surface area contributed by atoms with Gasteiger partial charge < -0.3 is 9.84 Å². The summed E-state index contributed by atoms with van der Waals surface area (Å²) in [4.78, 5) is 22.7. The molecule has 1 rings (SSSR count). The summed E-state index contributed by atoms with van der Waals surface area (Å²) in [5.41, 5.74) is 0.625. The number of carbonyl (C=O) groups is 2. The molecule has 4 nitrogen and oxygen atoms in total. The van der Waals surface area contributed by atoms with E-state index in [1.165, 1.54) is 7.11 Å². The summed E-state index contributed by atoms with van der Waals surface area (Å²) in [7, 11) is 1.51. The van der Waals surface area contributed by atoms with Crippen LogP contribution in [0.4, 0.5) is 0 Å². The van der Waals surface area contributed by atoms with Gasteiger partial charge in [-0.05, 0) is 40.6 Å². The molecule has 1 aromatic rings. The first-order chi connectivity index (χ1) is 8.38. The van der Waals surface area contributed by atoms with E-state index < -0.39 is 17.7 Å². The first-order valence-corrected chi connectivity index (χ1v) is 6.57. The molecule has 1 unspecified atom stereocenters. The zero-order valence-corrected chi connectivity index (χ0v) is 12.6. The fraction of sp³-hybridized carbons (Fsp3) is 0.385. The summed E-state index contributed by atoms with van der Waals surface area (Å²) in [6, 6.07) is 5.38. The molecular weight excluding hydrogens is 347 g/mol. The molecule has 0 saturated heterocycles. The average Bonchev–Trinajstić information content (AvgIpc) is 2.30. The van der Waals surface area contributed by atoms with Crippen molar-refractivity contribution in [3.05, 3.63) is 27.3 Å². The molecule has 0 bridgehead atoms. The van der Waals surface area contributed by atoms with Crippen LogP contribution in [0.15, 0.2) is 18.2 Å². The van der Waals surface area contributed by atoms with Crippen molar-refractivity contribution in [2.45, 2.75) is 19.8 Å². The summed E-state index contributed by atoms with van der Waals surface area (Å²) in [6.07, 6.45) is 0. The fourth-order valence-electron chi connectivity index (χ4n) is 1.88. The molecule has 0 amide bonds. The minimum absolute atomic E-state index is 0.109. The van der Waals surface area contributed by atoms with Gasteiger partial charge in [0.1, 0.15) is 5.75 Å². The Labute approximate surface area is 119 Å². The summed E-state index contributed by atoms with van der Waals surface area (Å²) < 4.78 is 6.21. The number of benzene rings is 1. The molecule has 1 atom stereocenters. The van der Waals surface area contributed by atoms with Crippen molar-refractivity contribution < 1.29 is 19.4 Å². The van der Waals surface area contributed by atoms with Gasteiger partial charge in [0.15, 0.2) is 0 Å². The highest BCUT2D eigenvalue weighted by molar-refractivity contribution is 14.1. The minimum atomic E-state index is -1.41. The summed E-state index contributed by atoms with van der Waals surface area (Å²) >= 11 is 2.14. The maximum absolute atomic E-state index is 11.8. The molecule has 0 saturated carbocycles. The molecule has 0 aliphatic rings. The highest BCUT2D eigenvalue weighted by atomic mass is 127. The summed E-state index contributed by atoms with van der Waals surface area (Å²) in [5.74, 6) is -2.45. The van der Waals surface area contributed by atoms with Crippen LogP contribution in [0.25, 0.3) is 0 Å². The monoisotopic (exact) mass is 362 g/mol. The van der Waals surface area contributed by atoms with E-state index in [9.17, 15) is 9.59 Å². The first kappa shape index (κ1) is 14.9. The highest BCUT2D eigenvalue weighted by Crippen LogP contribution is 2.33. The SMILES string of the molecule is COc1cc(I)ccc1C(C(=O)C(=O)O)C(C)C.